The molecule has 0 saturated heterocycles. The van der Waals surface area contributed by atoms with Gasteiger partial charge in [0.05, 0.1) is 4.47 Å². The van der Waals surface area contributed by atoms with E-state index < -0.39 is 0 Å². The molecule has 13 heavy (non-hydrogen) atoms. The zero-order valence-corrected chi connectivity index (χ0v) is 9.85. The topological polar surface area (TPSA) is 20.2 Å². The van der Waals surface area contributed by atoms with Crippen molar-refractivity contribution in [3.63, 3.8) is 0 Å². The van der Waals surface area contributed by atoms with Crippen LogP contribution in [0.3, 0.4) is 0 Å². The molecule has 0 bridgehead atoms. The fraction of sp³-hybridized carbons (Fsp3) is 0.455. The fourth-order valence-electron chi connectivity index (χ4n) is 1.14. The summed E-state index contributed by atoms with van der Waals surface area (Å²) in [7, 11) is 0. The van der Waals surface area contributed by atoms with E-state index in [4.69, 9.17) is 0 Å². The van der Waals surface area contributed by atoms with Crippen molar-refractivity contribution in [3.05, 3.63) is 28.2 Å². The molecule has 2 heteroatoms. The average molecular weight is 243 g/mol. The molecule has 0 aromatic heterocycles. The van der Waals surface area contributed by atoms with Crippen LogP contribution >= 0.6 is 15.9 Å². The molecular weight excluding hydrogens is 228 g/mol. The molecule has 1 nitrogen and oxygen atoms in total. The van der Waals surface area contributed by atoms with Gasteiger partial charge in [-0.3, -0.25) is 0 Å². The molecule has 0 radical (unpaired) electrons. The molecule has 0 spiro atoms. The van der Waals surface area contributed by atoms with Gasteiger partial charge in [0.1, 0.15) is 5.75 Å². The summed E-state index contributed by atoms with van der Waals surface area (Å²) >= 11 is 3.27. The minimum atomic E-state index is 0.137. The van der Waals surface area contributed by atoms with Crippen molar-refractivity contribution >= 4 is 15.9 Å². The van der Waals surface area contributed by atoms with Gasteiger partial charge in [0.2, 0.25) is 0 Å². The monoisotopic (exact) mass is 242 g/mol. The van der Waals surface area contributed by atoms with Crippen LogP contribution in [-0.2, 0) is 5.41 Å². The summed E-state index contributed by atoms with van der Waals surface area (Å²) in [6.07, 6.45) is 1.06. The van der Waals surface area contributed by atoms with E-state index >= 15 is 0 Å². The third-order valence-electron chi connectivity index (χ3n) is 2.61. The van der Waals surface area contributed by atoms with Gasteiger partial charge in [-0.1, -0.05) is 26.8 Å². The predicted octanol–water partition coefficient (Wildman–Crippen LogP) is 3.84. The highest BCUT2D eigenvalue weighted by Gasteiger charge is 2.18. The molecule has 1 aromatic carbocycles. The first-order valence-corrected chi connectivity index (χ1v) is 5.25. The van der Waals surface area contributed by atoms with Crippen LogP contribution in [0.1, 0.15) is 32.8 Å². The van der Waals surface area contributed by atoms with Crippen LogP contribution in [-0.4, -0.2) is 5.11 Å². The Morgan fingerprint density at radius 2 is 2.00 bits per heavy atom. The fourth-order valence-corrected chi connectivity index (χ4v) is 1.38. The number of halogens is 1. The highest BCUT2D eigenvalue weighted by molar-refractivity contribution is 9.10. The molecule has 1 rings (SSSR count). The van der Waals surface area contributed by atoms with E-state index in [1.807, 2.05) is 18.2 Å². The second-order valence-electron chi connectivity index (χ2n) is 3.90. The smallest absolute Gasteiger partial charge is 0.130 e. The molecule has 0 atom stereocenters. The van der Waals surface area contributed by atoms with E-state index in [2.05, 4.69) is 36.7 Å². The molecule has 0 saturated carbocycles. The van der Waals surface area contributed by atoms with Gasteiger partial charge in [-0.15, -0.1) is 0 Å². The van der Waals surface area contributed by atoms with Crippen LogP contribution in [0.2, 0.25) is 0 Å². The van der Waals surface area contributed by atoms with Gasteiger partial charge in [-0.05, 0) is 45.5 Å². The van der Waals surface area contributed by atoms with Crippen molar-refractivity contribution in [2.45, 2.75) is 32.6 Å². The Kier molecular flexibility index (Phi) is 3.01. The zero-order chi connectivity index (χ0) is 10.1. The van der Waals surface area contributed by atoms with E-state index in [1.54, 1.807) is 0 Å². The molecule has 0 heterocycles. The van der Waals surface area contributed by atoms with Gasteiger partial charge in [0.15, 0.2) is 0 Å². The maximum Gasteiger partial charge on any atom is 0.130 e. The molecule has 0 aliphatic rings. The number of phenols is 1. The van der Waals surface area contributed by atoms with Crippen molar-refractivity contribution in [2.75, 3.05) is 0 Å². The molecule has 1 aromatic rings. The van der Waals surface area contributed by atoms with E-state index in [1.165, 1.54) is 5.56 Å². The molecule has 0 aliphatic carbocycles. The molecule has 0 amide bonds. The third kappa shape index (κ3) is 2.25. The Labute approximate surface area is 87.9 Å². The van der Waals surface area contributed by atoms with E-state index in [0.29, 0.717) is 5.75 Å². The lowest BCUT2D eigenvalue weighted by atomic mass is 9.82. The summed E-state index contributed by atoms with van der Waals surface area (Å²) in [6, 6.07) is 5.77. The SMILES string of the molecule is CCC(C)(C)c1ccc(Br)c(O)c1. The zero-order valence-electron chi connectivity index (χ0n) is 8.26. The largest absolute Gasteiger partial charge is 0.507 e. The van der Waals surface area contributed by atoms with Gasteiger partial charge >= 0.3 is 0 Å². The van der Waals surface area contributed by atoms with Crippen LogP contribution < -0.4 is 0 Å². The number of phenolic OH excluding ortho intramolecular Hbond substituents is 1. The number of rotatable bonds is 2. The van der Waals surface area contributed by atoms with Gasteiger partial charge in [0, 0.05) is 0 Å². The molecule has 1 N–H and O–H groups in total. The quantitative estimate of drug-likeness (QED) is 0.836. The summed E-state index contributed by atoms with van der Waals surface area (Å²) in [5.41, 5.74) is 1.31. The van der Waals surface area contributed by atoms with Crippen LogP contribution in [0, 0.1) is 0 Å². The number of hydrogen-bond acceptors (Lipinski definition) is 1. The van der Waals surface area contributed by atoms with Crippen molar-refractivity contribution < 1.29 is 5.11 Å². The third-order valence-corrected chi connectivity index (χ3v) is 3.28. The van der Waals surface area contributed by atoms with Gasteiger partial charge in [-0.25, -0.2) is 0 Å². The van der Waals surface area contributed by atoms with Gasteiger partial charge < -0.3 is 5.11 Å². The van der Waals surface area contributed by atoms with Crippen molar-refractivity contribution in [3.8, 4) is 5.75 Å². The molecule has 0 aliphatic heterocycles. The maximum absolute atomic E-state index is 9.51. The minimum absolute atomic E-state index is 0.137. The summed E-state index contributed by atoms with van der Waals surface area (Å²) in [5.74, 6) is 0.319. The lowest BCUT2D eigenvalue weighted by Gasteiger charge is -2.23. The molecule has 0 fully saturated rings. The number of hydrogen-bond donors (Lipinski definition) is 1. The molecule has 72 valence electrons. The van der Waals surface area contributed by atoms with Crippen molar-refractivity contribution in [1.29, 1.82) is 0 Å². The standard InChI is InChI=1S/C11H15BrO/c1-4-11(2,3)8-5-6-9(12)10(13)7-8/h5-7,13H,4H2,1-3H3. The normalized spacial score (nSPS) is 11.7. The predicted molar refractivity (Wildman–Crippen MR) is 59.1 cm³/mol. The van der Waals surface area contributed by atoms with E-state index in [-0.39, 0.29) is 5.41 Å². The van der Waals surface area contributed by atoms with Gasteiger partial charge in [0.25, 0.3) is 0 Å². The Balaban J connectivity index is 3.10. The van der Waals surface area contributed by atoms with E-state index in [0.717, 1.165) is 10.9 Å². The highest BCUT2D eigenvalue weighted by atomic mass is 79.9. The van der Waals surface area contributed by atoms with Crippen LogP contribution in [0.15, 0.2) is 22.7 Å². The Morgan fingerprint density at radius 1 is 1.38 bits per heavy atom. The van der Waals surface area contributed by atoms with Crippen molar-refractivity contribution in [1.82, 2.24) is 0 Å². The lowest BCUT2D eigenvalue weighted by molar-refractivity contribution is 0.461. The van der Waals surface area contributed by atoms with Crippen molar-refractivity contribution in [2.24, 2.45) is 0 Å². The second kappa shape index (κ2) is 3.70. The summed E-state index contributed by atoms with van der Waals surface area (Å²) in [5, 5.41) is 9.51. The summed E-state index contributed by atoms with van der Waals surface area (Å²) in [6.45, 7) is 6.50. The summed E-state index contributed by atoms with van der Waals surface area (Å²) in [4.78, 5) is 0. The lowest BCUT2D eigenvalue weighted by Crippen LogP contribution is -2.14. The summed E-state index contributed by atoms with van der Waals surface area (Å²) < 4.78 is 0.753. The molecule has 0 unspecified atom stereocenters. The number of benzene rings is 1. The van der Waals surface area contributed by atoms with Crippen LogP contribution in [0.5, 0.6) is 5.75 Å². The first-order valence-electron chi connectivity index (χ1n) is 4.46. The first-order chi connectivity index (χ1) is 5.97. The Bertz CT molecular complexity index is 305. The van der Waals surface area contributed by atoms with Crippen LogP contribution in [0.4, 0.5) is 0 Å². The van der Waals surface area contributed by atoms with E-state index in [9.17, 15) is 5.11 Å². The highest BCUT2D eigenvalue weighted by Crippen LogP contribution is 2.32. The Morgan fingerprint density at radius 3 is 2.46 bits per heavy atom. The second-order valence-corrected chi connectivity index (χ2v) is 4.76. The van der Waals surface area contributed by atoms with Gasteiger partial charge in [-0.2, -0.15) is 0 Å². The molecular formula is C11H15BrO. The first kappa shape index (κ1) is 10.6. The number of aromatic hydroxyl groups is 1. The van der Waals surface area contributed by atoms with Crippen LogP contribution in [0.25, 0.3) is 0 Å². The maximum atomic E-state index is 9.51. The Hall–Kier alpha value is -0.500. The minimum Gasteiger partial charge on any atom is -0.507 e. The average Bonchev–Trinajstić information content (AvgIpc) is 2.09.